The predicted octanol–water partition coefficient (Wildman–Crippen LogP) is 5.35. The van der Waals surface area contributed by atoms with Crippen LogP contribution in [0.5, 0.6) is 23.1 Å². The number of anilines is 1. The molecule has 174 valence electrons. The van der Waals surface area contributed by atoms with Crippen LogP contribution in [-0.4, -0.2) is 42.3 Å². The van der Waals surface area contributed by atoms with Gasteiger partial charge in [-0.05, 0) is 18.6 Å². The van der Waals surface area contributed by atoms with Crippen molar-refractivity contribution in [1.82, 2.24) is 15.2 Å². The number of fused-ring (bicyclic) bond motifs is 3. The summed E-state index contributed by atoms with van der Waals surface area (Å²) in [6.45, 7) is 2.19. The number of hydrogen-bond acceptors (Lipinski definition) is 9. The first-order valence-electron chi connectivity index (χ1n) is 10.9. The van der Waals surface area contributed by atoms with E-state index in [1.807, 2.05) is 30.3 Å². The third-order valence-corrected chi connectivity index (χ3v) is 6.25. The molecule has 33 heavy (non-hydrogen) atoms. The van der Waals surface area contributed by atoms with Gasteiger partial charge in [0.15, 0.2) is 17.2 Å². The van der Waals surface area contributed by atoms with Crippen molar-refractivity contribution in [1.29, 1.82) is 0 Å². The van der Waals surface area contributed by atoms with Gasteiger partial charge < -0.3 is 24.3 Å². The molecule has 9 heteroatoms. The summed E-state index contributed by atoms with van der Waals surface area (Å²) in [5.41, 5.74) is 3.07. The summed E-state index contributed by atoms with van der Waals surface area (Å²) in [4.78, 5) is 4.71. The number of aromatic nitrogens is 3. The molecule has 1 atom stereocenters. The Morgan fingerprint density at radius 3 is 2.48 bits per heavy atom. The molecule has 0 unspecified atom stereocenters. The largest absolute Gasteiger partial charge is 0.496 e. The molecular weight excluding hydrogens is 440 g/mol. The van der Waals surface area contributed by atoms with E-state index in [0.717, 1.165) is 29.0 Å². The van der Waals surface area contributed by atoms with Crippen LogP contribution >= 0.6 is 11.8 Å². The molecule has 4 rings (SSSR count). The van der Waals surface area contributed by atoms with E-state index in [1.165, 1.54) is 12.8 Å². The Kier molecular flexibility index (Phi) is 7.39. The number of hydrogen-bond donors (Lipinski definition) is 1. The smallest absolute Gasteiger partial charge is 0.247 e. The van der Waals surface area contributed by atoms with Crippen LogP contribution in [0, 0.1) is 0 Å². The van der Waals surface area contributed by atoms with Crippen LogP contribution in [0.3, 0.4) is 0 Å². The highest BCUT2D eigenvalue weighted by molar-refractivity contribution is 7.99. The van der Waals surface area contributed by atoms with Crippen LogP contribution in [0.25, 0.3) is 11.3 Å². The highest BCUT2D eigenvalue weighted by Gasteiger charge is 2.29. The number of nitrogens with one attached hydrogen (secondary N) is 1. The number of benzene rings is 2. The maximum atomic E-state index is 6.39. The molecule has 1 N–H and O–H groups in total. The maximum Gasteiger partial charge on any atom is 0.247 e. The number of ether oxygens (including phenoxy) is 4. The molecule has 2 aromatic carbocycles. The van der Waals surface area contributed by atoms with E-state index in [9.17, 15) is 0 Å². The van der Waals surface area contributed by atoms with Gasteiger partial charge in [-0.3, -0.25) is 0 Å². The number of methoxy groups -OCH3 is 3. The zero-order valence-electron chi connectivity index (χ0n) is 19.3. The second-order valence-electron chi connectivity index (χ2n) is 7.44. The molecule has 8 nitrogen and oxygen atoms in total. The molecule has 2 heterocycles. The van der Waals surface area contributed by atoms with Crippen molar-refractivity contribution in [3.8, 4) is 34.4 Å². The SMILES string of the molecule is CCCCCSc1nnc2c(n1)O[C@H](c1cc(OC)c(OC)cc1OC)Nc1ccccc1-2. The minimum absolute atomic E-state index is 0.419. The van der Waals surface area contributed by atoms with Gasteiger partial charge in [-0.15, -0.1) is 10.2 Å². The second kappa shape index (κ2) is 10.6. The molecule has 0 amide bonds. The summed E-state index contributed by atoms with van der Waals surface area (Å²) in [5, 5.41) is 12.9. The van der Waals surface area contributed by atoms with Gasteiger partial charge in [0.2, 0.25) is 17.3 Å². The molecule has 1 aliphatic heterocycles. The van der Waals surface area contributed by atoms with Crippen molar-refractivity contribution in [2.24, 2.45) is 0 Å². The molecule has 0 saturated carbocycles. The Morgan fingerprint density at radius 2 is 1.73 bits per heavy atom. The molecular formula is C24H28N4O4S. The standard InChI is InChI=1S/C24H28N4O4S/c1-5-6-9-12-33-24-26-23-21(27-28-24)15-10-7-8-11-17(15)25-22(32-23)16-13-19(30-3)20(31-4)14-18(16)29-2/h7-8,10-11,13-14,22,25H,5-6,9,12H2,1-4H3/t22-/m1/s1. The fraction of sp³-hybridized carbons (Fsp3) is 0.375. The van der Waals surface area contributed by atoms with Crippen LogP contribution in [0.2, 0.25) is 0 Å². The van der Waals surface area contributed by atoms with Gasteiger partial charge in [0.1, 0.15) is 5.75 Å². The van der Waals surface area contributed by atoms with E-state index in [0.29, 0.717) is 34.0 Å². The number of thioether (sulfide) groups is 1. The van der Waals surface area contributed by atoms with Gasteiger partial charge >= 0.3 is 0 Å². The van der Waals surface area contributed by atoms with Crippen LogP contribution in [-0.2, 0) is 0 Å². The summed E-state index contributed by atoms with van der Waals surface area (Å²) in [6.07, 6.45) is 2.86. The Balaban J connectivity index is 1.75. The summed E-state index contributed by atoms with van der Waals surface area (Å²) in [7, 11) is 4.80. The van der Waals surface area contributed by atoms with Crippen molar-refractivity contribution in [2.45, 2.75) is 37.6 Å². The number of para-hydroxylation sites is 1. The topological polar surface area (TPSA) is 87.6 Å². The second-order valence-corrected chi connectivity index (χ2v) is 8.50. The number of rotatable bonds is 9. The first-order chi connectivity index (χ1) is 16.2. The molecule has 0 spiro atoms. The summed E-state index contributed by atoms with van der Waals surface area (Å²) in [6, 6.07) is 11.5. The van der Waals surface area contributed by atoms with Crippen molar-refractivity contribution >= 4 is 17.4 Å². The van der Waals surface area contributed by atoms with Gasteiger partial charge in [0.05, 0.1) is 26.9 Å². The van der Waals surface area contributed by atoms with E-state index < -0.39 is 6.23 Å². The monoisotopic (exact) mass is 468 g/mol. The molecule has 0 saturated heterocycles. The predicted molar refractivity (Wildman–Crippen MR) is 129 cm³/mol. The fourth-order valence-corrected chi connectivity index (χ4v) is 4.40. The average molecular weight is 469 g/mol. The van der Waals surface area contributed by atoms with Gasteiger partial charge in [-0.25, -0.2) is 0 Å². The van der Waals surface area contributed by atoms with Crippen molar-refractivity contribution in [2.75, 3.05) is 32.4 Å². The lowest BCUT2D eigenvalue weighted by Crippen LogP contribution is -2.18. The third-order valence-electron chi connectivity index (χ3n) is 5.33. The van der Waals surface area contributed by atoms with E-state index in [2.05, 4.69) is 22.4 Å². The molecule has 0 radical (unpaired) electrons. The van der Waals surface area contributed by atoms with Crippen LogP contribution < -0.4 is 24.3 Å². The quantitative estimate of drug-likeness (QED) is 0.330. The van der Waals surface area contributed by atoms with E-state index in [1.54, 1.807) is 39.2 Å². The van der Waals surface area contributed by atoms with Crippen molar-refractivity contribution in [3.05, 3.63) is 42.0 Å². The minimum atomic E-state index is -0.600. The van der Waals surface area contributed by atoms with Crippen LogP contribution in [0.15, 0.2) is 41.6 Å². The van der Waals surface area contributed by atoms with Crippen molar-refractivity contribution in [3.63, 3.8) is 0 Å². The molecule has 1 aromatic heterocycles. The highest BCUT2D eigenvalue weighted by atomic mass is 32.2. The zero-order chi connectivity index (χ0) is 23.2. The molecule has 0 fully saturated rings. The maximum absolute atomic E-state index is 6.39. The normalized spacial score (nSPS) is 14.2. The van der Waals surface area contributed by atoms with E-state index in [4.69, 9.17) is 23.9 Å². The van der Waals surface area contributed by atoms with E-state index >= 15 is 0 Å². The fourth-order valence-electron chi connectivity index (χ4n) is 3.62. The van der Waals surface area contributed by atoms with E-state index in [-0.39, 0.29) is 0 Å². The summed E-state index contributed by atoms with van der Waals surface area (Å²) < 4.78 is 23.0. The number of unbranched alkanes of at least 4 members (excludes halogenated alkanes) is 2. The lowest BCUT2D eigenvalue weighted by Gasteiger charge is -2.22. The first-order valence-corrected chi connectivity index (χ1v) is 11.9. The van der Waals surface area contributed by atoms with Crippen molar-refractivity contribution < 1.29 is 18.9 Å². The molecule has 0 bridgehead atoms. The highest BCUT2D eigenvalue weighted by Crippen LogP contribution is 2.43. The Morgan fingerprint density at radius 1 is 0.970 bits per heavy atom. The lowest BCUT2D eigenvalue weighted by molar-refractivity contribution is 0.218. The van der Waals surface area contributed by atoms with Gasteiger partial charge in [0, 0.05) is 23.1 Å². The van der Waals surface area contributed by atoms with Gasteiger partial charge in [-0.1, -0.05) is 49.7 Å². The Labute approximate surface area is 198 Å². The van der Waals surface area contributed by atoms with Crippen LogP contribution in [0.4, 0.5) is 5.69 Å². The van der Waals surface area contributed by atoms with Gasteiger partial charge in [0.25, 0.3) is 0 Å². The summed E-state index contributed by atoms with van der Waals surface area (Å²) in [5.74, 6) is 3.10. The number of nitrogens with zero attached hydrogens (tertiary/aromatic N) is 3. The lowest BCUT2D eigenvalue weighted by atomic mass is 10.1. The minimum Gasteiger partial charge on any atom is -0.496 e. The molecule has 0 aliphatic carbocycles. The summed E-state index contributed by atoms with van der Waals surface area (Å²) >= 11 is 1.59. The first kappa shape index (κ1) is 23.0. The zero-order valence-corrected chi connectivity index (χ0v) is 20.1. The third kappa shape index (κ3) is 4.93. The average Bonchev–Trinajstić information content (AvgIpc) is 3.02. The molecule has 1 aliphatic rings. The van der Waals surface area contributed by atoms with Crippen LogP contribution in [0.1, 0.15) is 38.0 Å². The Bertz CT molecular complexity index is 1110. The molecule has 3 aromatic rings. The van der Waals surface area contributed by atoms with Gasteiger partial charge in [-0.2, -0.15) is 4.98 Å². The Hall–Kier alpha value is -3.20.